The van der Waals surface area contributed by atoms with Gasteiger partial charge in [-0.05, 0) is 43.5 Å². The molecule has 0 bridgehead atoms. The Kier molecular flexibility index (Phi) is 5.14. The summed E-state index contributed by atoms with van der Waals surface area (Å²) in [7, 11) is 0. The van der Waals surface area contributed by atoms with Gasteiger partial charge in [0.15, 0.2) is 0 Å². The van der Waals surface area contributed by atoms with E-state index in [0.717, 1.165) is 11.3 Å². The number of hydrogen-bond donors (Lipinski definition) is 3. The Morgan fingerprint density at radius 3 is 2.48 bits per heavy atom. The van der Waals surface area contributed by atoms with Crippen molar-refractivity contribution in [3.63, 3.8) is 0 Å². The summed E-state index contributed by atoms with van der Waals surface area (Å²) in [5, 5.41) is 8.85. The van der Waals surface area contributed by atoms with Crippen molar-refractivity contribution < 1.29 is 9.59 Å². The Morgan fingerprint density at radius 2 is 1.76 bits per heavy atom. The molecule has 0 aliphatic carbocycles. The third-order valence-corrected chi connectivity index (χ3v) is 4.47. The molecule has 0 spiro atoms. The number of nitrogens with one attached hydrogen (secondary N) is 3. The molecule has 5 nitrogen and oxygen atoms in total. The van der Waals surface area contributed by atoms with E-state index in [9.17, 15) is 9.59 Å². The van der Waals surface area contributed by atoms with Crippen molar-refractivity contribution in [1.82, 2.24) is 10.6 Å². The Bertz CT molecular complexity index is 771. The predicted molar refractivity (Wildman–Crippen MR) is 98.2 cm³/mol. The minimum atomic E-state index is -0.604. The van der Waals surface area contributed by atoms with Crippen LogP contribution < -0.4 is 16.0 Å². The fraction of sp³-hybridized carbons (Fsp3) is 0.300. The molecule has 2 atom stereocenters. The van der Waals surface area contributed by atoms with Gasteiger partial charge in [-0.3, -0.25) is 9.59 Å². The molecule has 1 aliphatic rings. The summed E-state index contributed by atoms with van der Waals surface area (Å²) in [6, 6.07) is 14.7. The first kappa shape index (κ1) is 17.2. The van der Waals surface area contributed by atoms with E-state index >= 15 is 0 Å². The predicted octanol–water partition coefficient (Wildman–Crippen LogP) is 2.15. The first-order valence-electron chi connectivity index (χ1n) is 8.51. The quantitative estimate of drug-likeness (QED) is 0.801. The highest BCUT2D eigenvalue weighted by molar-refractivity contribution is 5.97. The summed E-state index contributed by atoms with van der Waals surface area (Å²) in [6.07, 6.45) is 0.633. The zero-order valence-corrected chi connectivity index (χ0v) is 14.5. The summed E-state index contributed by atoms with van der Waals surface area (Å²) < 4.78 is 0. The first-order chi connectivity index (χ1) is 12.0. The molecule has 0 fully saturated rings. The molecule has 5 heteroatoms. The third kappa shape index (κ3) is 4.25. The van der Waals surface area contributed by atoms with Gasteiger partial charge >= 0.3 is 0 Å². The zero-order chi connectivity index (χ0) is 17.8. The number of hydrogen-bond acceptors (Lipinski definition) is 3. The van der Waals surface area contributed by atoms with Gasteiger partial charge in [-0.15, -0.1) is 0 Å². The van der Waals surface area contributed by atoms with E-state index in [4.69, 9.17) is 0 Å². The van der Waals surface area contributed by atoms with Crippen molar-refractivity contribution >= 4 is 17.5 Å². The summed E-state index contributed by atoms with van der Waals surface area (Å²) in [4.78, 5) is 24.7. The highest BCUT2D eigenvalue weighted by Gasteiger charge is 2.26. The Hall–Kier alpha value is -2.66. The molecule has 3 rings (SSSR count). The lowest BCUT2D eigenvalue weighted by molar-refractivity contribution is -0.127. The van der Waals surface area contributed by atoms with E-state index in [1.807, 2.05) is 49.4 Å². The molecular weight excluding hydrogens is 314 g/mol. The SMILES string of the molecule is Cc1ccc(NC(=O)[C@H](C)NC(=O)[C@@H]2Cc3ccccc3CN2)cc1. The first-order valence-corrected chi connectivity index (χ1v) is 8.51. The molecule has 0 unspecified atom stereocenters. The van der Waals surface area contributed by atoms with Crippen LogP contribution in [-0.4, -0.2) is 23.9 Å². The second-order valence-corrected chi connectivity index (χ2v) is 6.49. The fourth-order valence-corrected chi connectivity index (χ4v) is 2.91. The van der Waals surface area contributed by atoms with Crippen LogP contribution in [-0.2, 0) is 22.6 Å². The van der Waals surface area contributed by atoms with Crippen molar-refractivity contribution in [3.05, 3.63) is 65.2 Å². The third-order valence-electron chi connectivity index (χ3n) is 4.47. The van der Waals surface area contributed by atoms with Gasteiger partial charge in [-0.2, -0.15) is 0 Å². The van der Waals surface area contributed by atoms with Gasteiger partial charge in [0.1, 0.15) is 6.04 Å². The molecule has 1 heterocycles. The van der Waals surface area contributed by atoms with Crippen LogP contribution in [0.5, 0.6) is 0 Å². The van der Waals surface area contributed by atoms with E-state index < -0.39 is 6.04 Å². The van der Waals surface area contributed by atoms with E-state index in [-0.39, 0.29) is 17.9 Å². The lowest BCUT2D eigenvalue weighted by Gasteiger charge is -2.26. The van der Waals surface area contributed by atoms with E-state index in [0.29, 0.717) is 13.0 Å². The number of carbonyl (C=O) groups is 2. The van der Waals surface area contributed by atoms with Gasteiger partial charge in [0.2, 0.25) is 11.8 Å². The standard InChI is InChI=1S/C20H23N3O2/c1-13-7-9-17(10-8-13)23-19(24)14(2)22-20(25)18-11-15-5-3-4-6-16(15)12-21-18/h3-10,14,18,21H,11-12H2,1-2H3,(H,22,25)(H,23,24)/t14-,18-/m0/s1. The number of anilines is 1. The second kappa shape index (κ2) is 7.49. The van der Waals surface area contributed by atoms with E-state index in [2.05, 4.69) is 22.0 Å². The fourth-order valence-electron chi connectivity index (χ4n) is 2.91. The summed E-state index contributed by atoms with van der Waals surface area (Å²) in [6.45, 7) is 4.35. The highest BCUT2D eigenvalue weighted by atomic mass is 16.2. The lowest BCUT2D eigenvalue weighted by atomic mass is 9.95. The molecule has 0 radical (unpaired) electrons. The average Bonchev–Trinajstić information content (AvgIpc) is 2.63. The largest absolute Gasteiger partial charge is 0.343 e. The minimum Gasteiger partial charge on any atom is -0.343 e. The maximum atomic E-state index is 12.5. The number of rotatable bonds is 4. The summed E-state index contributed by atoms with van der Waals surface area (Å²) in [5.74, 6) is -0.380. The average molecular weight is 337 g/mol. The molecule has 25 heavy (non-hydrogen) atoms. The summed E-state index contributed by atoms with van der Waals surface area (Å²) >= 11 is 0. The van der Waals surface area contributed by atoms with Crippen LogP contribution in [0.15, 0.2) is 48.5 Å². The number of amides is 2. The lowest BCUT2D eigenvalue weighted by Crippen LogP contribution is -2.52. The Morgan fingerprint density at radius 1 is 1.08 bits per heavy atom. The molecule has 0 aromatic heterocycles. The molecule has 2 aromatic carbocycles. The van der Waals surface area contributed by atoms with Crippen LogP contribution in [0.3, 0.4) is 0 Å². The molecule has 0 saturated heterocycles. The molecule has 2 amide bonds. The Labute approximate surface area is 147 Å². The van der Waals surface area contributed by atoms with E-state index in [1.54, 1.807) is 6.92 Å². The number of fused-ring (bicyclic) bond motifs is 1. The van der Waals surface area contributed by atoms with Crippen molar-refractivity contribution in [3.8, 4) is 0 Å². The number of carbonyl (C=O) groups excluding carboxylic acids is 2. The van der Waals surface area contributed by atoms with Gasteiger partial charge < -0.3 is 16.0 Å². The van der Waals surface area contributed by atoms with Crippen molar-refractivity contribution in [1.29, 1.82) is 0 Å². The normalized spacial score (nSPS) is 17.3. The zero-order valence-electron chi connectivity index (χ0n) is 14.5. The Balaban J connectivity index is 1.55. The number of aryl methyl sites for hydroxylation is 1. The van der Waals surface area contributed by atoms with Crippen molar-refractivity contribution in [2.75, 3.05) is 5.32 Å². The minimum absolute atomic E-state index is 0.152. The van der Waals surface area contributed by atoms with Crippen LogP contribution in [0.25, 0.3) is 0 Å². The molecule has 2 aromatic rings. The van der Waals surface area contributed by atoms with Crippen LogP contribution in [0.4, 0.5) is 5.69 Å². The van der Waals surface area contributed by atoms with Gasteiger partial charge in [0.25, 0.3) is 0 Å². The molecule has 3 N–H and O–H groups in total. The van der Waals surface area contributed by atoms with Gasteiger partial charge in [-0.25, -0.2) is 0 Å². The van der Waals surface area contributed by atoms with E-state index in [1.165, 1.54) is 11.1 Å². The van der Waals surface area contributed by atoms with Crippen molar-refractivity contribution in [2.24, 2.45) is 0 Å². The molecular formula is C20H23N3O2. The smallest absolute Gasteiger partial charge is 0.246 e. The van der Waals surface area contributed by atoms with Gasteiger partial charge in [0, 0.05) is 12.2 Å². The second-order valence-electron chi connectivity index (χ2n) is 6.49. The van der Waals surface area contributed by atoms with Gasteiger partial charge in [0.05, 0.1) is 6.04 Å². The maximum Gasteiger partial charge on any atom is 0.246 e. The monoisotopic (exact) mass is 337 g/mol. The topological polar surface area (TPSA) is 70.2 Å². The van der Waals surface area contributed by atoms with Crippen LogP contribution in [0.1, 0.15) is 23.6 Å². The number of benzene rings is 2. The van der Waals surface area contributed by atoms with Crippen molar-refractivity contribution in [2.45, 2.75) is 38.9 Å². The van der Waals surface area contributed by atoms with Crippen LogP contribution >= 0.6 is 0 Å². The maximum absolute atomic E-state index is 12.5. The molecule has 130 valence electrons. The highest BCUT2D eigenvalue weighted by Crippen LogP contribution is 2.16. The van der Waals surface area contributed by atoms with Crippen LogP contribution in [0, 0.1) is 6.92 Å². The molecule has 0 saturated carbocycles. The molecule has 1 aliphatic heterocycles. The van der Waals surface area contributed by atoms with Crippen LogP contribution in [0.2, 0.25) is 0 Å². The summed E-state index contributed by atoms with van der Waals surface area (Å²) in [5.41, 5.74) is 4.25. The van der Waals surface area contributed by atoms with Gasteiger partial charge in [-0.1, -0.05) is 42.0 Å².